The van der Waals surface area contributed by atoms with Crippen molar-refractivity contribution in [3.8, 4) is 12.3 Å². The minimum absolute atomic E-state index is 0.211. The predicted molar refractivity (Wildman–Crippen MR) is 74.9 cm³/mol. The lowest BCUT2D eigenvalue weighted by Crippen LogP contribution is -2.38. The van der Waals surface area contributed by atoms with Crippen LogP contribution in [0, 0.1) is 12.3 Å². The molecule has 0 radical (unpaired) electrons. The Balaban J connectivity index is 2.46. The van der Waals surface area contributed by atoms with Crippen LogP contribution >= 0.6 is 0 Å². The van der Waals surface area contributed by atoms with Crippen molar-refractivity contribution < 1.29 is 19.1 Å². The van der Waals surface area contributed by atoms with E-state index in [4.69, 9.17) is 15.9 Å². The Kier molecular flexibility index (Phi) is 4.05. The number of carbonyl (C=O) groups is 2. The summed E-state index contributed by atoms with van der Waals surface area (Å²) in [5.74, 6) is 0.202. The molecule has 1 heterocycles. The molecule has 0 aliphatic rings. The van der Waals surface area contributed by atoms with Crippen LogP contribution in [0.25, 0.3) is 11.0 Å². The topological polar surface area (TPSA) is 87.8 Å². The monoisotopic (exact) mass is 285 g/mol. The molecule has 0 saturated heterocycles. The van der Waals surface area contributed by atoms with Gasteiger partial charge in [0.1, 0.15) is 17.7 Å². The number of nitrogens with zero attached hydrogens (tertiary/aromatic N) is 1. The van der Waals surface area contributed by atoms with Crippen LogP contribution in [-0.2, 0) is 4.79 Å². The molecular weight excluding hydrogens is 274 g/mol. The standard InChI is InChI=1S/C15H11NO5/c1-2-7-16(9-13(17)18)14(19)11-8-10-5-3-4-6-12(10)21-15(11)20/h1,3-6,8H,7,9H2,(H,17,18). The number of hydrogen-bond donors (Lipinski definition) is 1. The summed E-state index contributed by atoms with van der Waals surface area (Å²) in [5.41, 5.74) is -0.725. The predicted octanol–water partition coefficient (Wildman–Crippen LogP) is 0.953. The van der Waals surface area contributed by atoms with Gasteiger partial charge in [0.25, 0.3) is 5.91 Å². The first-order valence-corrected chi connectivity index (χ1v) is 6.00. The fourth-order valence-electron chi connectivity index (χ4n) is 1.85. The van der Waals surface area contributed by atoms with Gasteiger partial charge in [-0.2, -0.15) is 0 Å². The maximum Gasteiger partial charge on any atom is 0.349 e. The fourth-order valence-corrected chi connectivity index (χ4v) is 1.85. The number of fused-ring (bicyclic) bond motifs is 1. The van der Waals surface area contributed by atoms with Gasteiger partial charge in [-0.3, -0.25) is 9.59 Å². The molecule has 0 saturated carbocycles. The van der Waals surface area contributed by atoms with Crippen LogP contribution in [0.2, 0.25) is 0 Å². The van der Waals surface area contributed by atoms with Crippen LogP contribution in [0.5, 0.6) is 0 Å². The van der Waals surface area contributed by atoms with Crippen LogP contribution in [0.4, 0.5) is 0 Å². The minimum Gasteiger partial charge on any atom is -0.480 e. The number of carboxylic acids is 1. The maximum absolute atomic E-state index is 12.2. The zero-order chi connectivity index (χ0) is 15.4. The largest absolute Gasteiger partial charge is 0.480 e. The minimum atomic E-state index is -1.22. The molecule has 6 nitrogen and oxygen atoms in total. The highest BCUT2D eigenvalue weighted by molar-refractivity contribution is 5.98. The van der Waals surface area contributed by atoms with Gasteiger partial charge in [-0.25, -0.2) is 4.79 Å². The summed E-state index contributed by atoms with van der Waals surface area (Å²) in [6.45, 7) is -0.799. The lowest BCUT2D eigenvalue weighted by molar-refractivity contribution is -0.137. The highest BCUT2D eigenvalue weighted by Gasteiger charge is 2.21. The smallest absolute Gasteiger partial charge is 0.349 e. The lowest BCUT2D eigenvalue weighted by Gasteiger charge is -2.17. The Morgan fingerprint density at radius 2 is 2.05 bits per heavy atom. The quantitative estimate of drug-likeness (QED) is 0.667. The molecule has 0 fully saturated rings. The van der Waals surface area contributed by atoms with Gasteiger partial charge in [-0.15, -0.1) is 6.42 Å². The van der Waals surface area contributed by atoms with Crippen molar-refractivity contribution in [2.45, 2.75) is 0 Å². The average Bonchev–Trinajstić information content (AvgIpc) is 2.45. The van der Waals surface area contributed by atoms with Crippen molar-refractivity contribution in [1.29, 1.82) is 0 Å². The molecule has 0 aliphatic heterocycles. The second-order valence-corrected chi connectivity index (χ2v) is 4.24. The van der Waals surface area contributed by atoms with Crippen molar-refractivity contribution >= 4 is 22.8 Å². The van der Waals surface area contributed by atoms with Gasteiger partial charge in [0.2, 0.25) is 0 Å². The molecule has 21 heavy (non-hydrogen) atoms. The summed E-state index contributed by atoms with van der Waals surface area (Å²) in [7, 11) is 0. The van der Waals surface area contributed by atoms with Gasteiger partial charge in [-0.1, -0.05) is 24.1 Å². The van der Waals surface area contributed by atoms with E-state index >= 15 is 0 Å². The van der Waals surface area contributed by atoms with Gasteiger partial charge < -0.3 is 14.4 Å². The molecule has 6 heteroatoms. The van der Waals surface area contributed by atoms with Crippen molar-refractivity contribution in [3.05, 3.63) is 46.3 Å². The number of carbonyl (C=O) groups excluding carboxylic acids is 1. The first kappa shape index (κ1) is 14.3. The fraction of sp³-hybridized carbons (Fsp3) is 0.133. The highest BCUT2D eigenvalue weighted by atomic mass is 16.4. The van der Waals surface area contributed by atoms with E-state index < -0.39 is 24.0 Å². The Hall–Kier alpha value is -3.07. The summed E-state index contributed by atoms with van der Waals surface area (Å²) in [5, 5.41) is 9.35. The molecule has 2 rings (SSSR count). The number of benzene rings is 1. The Labute approximate surface area is 119 Å². The maximum atomic E-state index is 12.2. The summed E-state index contributed by atoms with van der Waals surface area (Å²) in [4.78, 5) is 35.7. The van der Waals surface area contributed by atoms with Gasteiger partial charge in [0.15, 0.2) is 0 Å². The zero-order valence-corrected chi connectivity index (χ0v) is 10.9. The molecule has 1 amide bonds. The lowest BCUT2D eigenvalue weighted by atomic mass is 10.1. The Morgan fingerprint density at radius 3 is 2.71 bits per heavy atom. The second-order valence-electron chi connectivity index (χ2n) is 4.24. The third-order valence-corrected chi connectivity index (χ3v) is 2.77. The van der Waals surface area contributed by atoms with Crippen LogP contribution < -0.4 is 5.63 Å². The summed E-state index contributed by atoms with van der Waals surface area (Å²) in [6.07, 6.45) is 5.11. The molecule has 0 bridgehead atoms. The molecular formula is C15H11NO5. The number of carboxylic acid groups (broad SMARTS) is 1. The molecule has 0 unspecified atom stereocenters. The third kappa shape index (κ3) is 3.09. The van der Waals surface area contributed by atoms with Gasteiger partial charge in [-0.05, 0) is 12.1 Å². The number of hydrogen-bond acceptors (Lipinski definition) is 4. The third-order valence-electron chi connectivity index (χ3n) is 2.77. The Bertz CT molecular complexity index is 800. The number of para-hydroxylation sites is 1. The van der Waals surface area contributed by atoms with Crippen LogP contribution in [0.3, 0.4) is 0 Å². The van der Waals surface area contributed by atoms with E-state index in [2.05, 4.69) is 5.92 Å². The molecule has 0 atom stereocenters. The van der Waals surface area contributed by atoms with E-state index in [1.54, 1.807) is 24.3 Å². The summed E-state index contributed by atoms with van der Waals surface area (Å²) in [6, 6.07) is 8.07. The molecule has 106 valence electrons. The van der Waals surface area contributed by atoms with Crippen molar-refractivity contribution in [2.24, 2.45) is 0 Å². The van der Waals surface area contributed by atoms with Crippen molar-refractivity contribution in [1.82, 2.24) is 4.90 Å². The summed E-state index contributed by atoms with van der Waals surface area (Å²) >= 11 is 0. The van der Waals surface area contributed by atoms with E-state index in [-0.39, 0.29) is 12.1 Å². The van der Waals surface area contributed by atoms with E-state index in [9.17, 15) is 14.4 Å². The van der Waals surface area contributed by atoms with Crippen LogP contribution in [0.15, 0.2) is 39.5 Å². The van der Waals surface area contributed by atoms with Crippen LogP contribution in [-0.4, -0.2) is 35.0 Å². The first-order chi connectivity index (χ1) is 10.0. The number of amides is 1. The first-order valence-electron chi connectivity index (χ1n) is 6.00. The van der Waals surface area contributed by atoms with Crippen molar-refractivity contribution in [3.63, 3.8) is 0 Å². The van der Waals surface area contributed by atoms with E-state index in [1.807, 2.05) is 0 Å². The molecule has 1 aromatic heterocycles. The molecule has 0 spiro atoms. The summed E-state index contributed by atoms with van der Waals surface area (Å²) < 4.78 is 5.05. The van der Waals surface area contributed by atoms with Gasteiger partial charge >= 0.3 is 11.6 Å². The number of rotatable bonds is 4. The van der Waals surface area contributed by atoms with Gasteiger partial charge in [0.05, 0.1) is 6.54 Å². The van der Waals surface area contributed by atoms with E-state index in [1.165, 1.54) is 6.07 Å². The molecule has 1 N–H and O–H groups in total. The highest BCUT2D eigenvalue weighted by Crippen LogP contribution is 2.13. The molecule has 0 aliphatic carbocycles. The average molecular weight is 285 g/mol. The van der Waals surface area contributed by atoms with Crippen LogP contribution in [0.1, 0.15) is 10.4 Å². The Morgan fingerprint density at radius 1 is 1.33 bits per heavy atom. The normalized spacial score (nSPS) is 10.0. The zero-order valence-electron chi connectivity index (χ0n) is 10.9. The molecule has 2 aromatic rings. The second kappa shape index (κ2) is 5.92. The van der Waals surface area contributed by atoms with E-state index in [0.717, 1.165) is 4.90 Å². The number of aliphatic carboxylic acids is 1. The SMILES string of the molecule is C#CCN(CC(=O)O)C(=O)c1cc2ccccc2oc1=O. The van der Waals surface area contributed by atoms with Crippen molar-refractivity contribution in [2.75, 3.05) is 13.1 Å². The molecule has 1 aromatic carbocycles. The number of terminal acetylenes is 1. The van der Waals surface area contributed by atoms with Gasteiger partial charge in [0, 0.05) is 5.39 Å². The van der Waals surface area contributed by atoms with E-state index in [0.29, 0.717) is 11.0 Å².